The van der Waals surface area contributed by atoms with Crippen molar-refractivity contribution < 1.29 is 19.4 Å². The molecule has 1 unspecified atom stereocenters. The Kier molecular flexibility index (Phi) is 3.74. The van der Waals surface area contributed by atoms with Crippen molar-refractivity contribution in [3.63, 3.8) is 0 Å². The molecule has 2 rings (SSSR count). The van der Waals surface area contributed by atoms with Gasteiger partial charge in [0.05, 0.1) is 5.56 Å². The lowest BCUT2D eigenvalue weighted by Crippen LogP contribution is -2.37. The van der Waals surface area contributed by atoms with Gasteiger partial charge in [-0.2, -0.15) is 0 Å². The normalized spacial score (nSPS) is 15.7. The SMILES string of the molecule is Cc1cc(C(=O)O)ccc1OC(C)C(=O)NC1CC1. The van der Waals surface area contributed by atoms with E-state index >= 15 is 0 Å². The van der Waals surface area contributed by atoms with Crippen LogP contribution in [-0.2, 0) is 4.79 Å². The van der Waals surface area contributed by atoms with Gasteiger partial charge in [0.2, 0.25) is 0 Å². The lowest BCUT2D eigenvalue weighted by molar-refractivity contribution is -0.127. The molecule has 1 aromatic rings. The number of benzene rings is 1. The number of carbonyl (C=O) groups is 2. The minimum atomic E-state index is -0.978. The van der Waals surface area contributed by atoms with Gasteiger partial charge in [-0.25, -0.2) is 4.79 Å². The van der Waals surface area contributed by atoms with Crippen molar-refractivity contribution in [2.24, 2.45) is 0 Å². The van der Waals surface area contributed by atoms with Crippen LogP contribution >= 0.6 is 0 Å². The van der Waals surface area contributed by atoms with E-state index in [2.05, 4.69) is 5.32 Å². The molecule has 0 radical (unpaired) electrons. The summed E-state index contributed by atoms with van der Waals surface area (Å²) < 4.78 is 5.57. The van der Waals surface area contributed by atoms with Crippen LogP contribution in [0.2, 0.25) is 0 Å². The zero-order valence-electron chi connectivity index (χ0n) is 11.0. The molecule has 19 heavy (non-hydrogen) atoms. The fraction of sp³-hybridized carbons (Fsp3) is 0.429. The van der Waals surface area contributed by atoms with Crippen molar-refractivity contribution in [3.05, 3.63) is 29.3 Å². The van der Waals surface area contributed by atoms with Crippen LogP contribution in [0.25, 0.3) is 0 Å². The molecule has 0 aromatic heterocycles. The first-order valence-electron chi connectivity index (χ1n) is 6.28. The number of carboxylic acids is 1. The predicted molar refractivity (Wildman–Crippen MR) is 69.4 cm³/mol. The third kappa shape index (κ3) is 3.47. The van der Waals surface area contributed by atoms with Crippen molar-refractivity contribution >= 4 is 11.9 Å². The van der Waals surface area contributed by atoms with Crippen LogP contribution in [0.15, 0.2) is 18.2 Å². The zero-order chi connectivity index (χ0) is 14.0. The molecule has 1 amide bonds. The van der Waals surface area contributed by atoms with Crippen molar-refractivity contribution in [1.29, 1.82) is 0 Å². The van der Waals surface area contributed by atoms with Gasteiger partial charge >= 0.3 is 5.97 Å². The summed E-state index contributed by atoms with van der Waals surface area (Å²) in [7, 11) is 0. The Hall–Kier alpha value is -2.04. The highest BCUT2D eigenvalue weighted by molar-refractivity contribution is 5.88. The van der Waals surface area contributed by atoms with Gasteiger partial charge in [0, 0.05) is 6.04 Å². The van der Waals surface area contributed by atoms with Gasteiger partial charge in [-0.15, -0.1) is 0 Å². The van der Waals surface area contributed by atoms with Gasteiger partial charge in [0.15, 0.2) is 6.10 Å². The zero-order valence-corrected chi connectivity index (χ0v) is 11.0. The van der Waals surface area contributed by atoms with E-state index < -0.39 is 12.1 Å². The molecule has 102 valence electrons. The second-order valence-electron chi connectivity index (χ2n) is 4.83. The molecule has 1 atom stereocenters. The topological polar surface area (TPSA) is 75.6 Å². The number of hydrogen-bond donors (Lipinski definition) is 2. The van der Waals surface area contributed by atoms with Crippen LogP contribution in [0.5, 0.6) is 5.75 Å². The van der Waals surface area contributed by atoms with Gasteiger partial charge in [-0.3, -0.25) is 4.79 Å². The molecule has 1 saturated carbocycles. The Balaban J connectivity index is 2.01. The predicted octanol–water partition coefficient (Wildman–Crippen LogP) is 1.74. The Morgan fingerprint density at radius 1 is 1.42 bits per heavy atom. The summed E-state index contributed by atoms with van der Waals surface area (Å²) in [6.45, 7) is 3.44. The highest BCUT2D eigenvalue weighted by atomic mass is 16.5. The Bertz CT molecular complexity index is 508. The maximum Gasteiger partial charge on any atom is 0.335 e. The van der Waals surface area contributed by atoms with Crippen LogP contribution in [0, 0.1) is 6.92 Å². The van der Waals surface area contributed by atoms with E-state index in [0.717, 1.165) is 12.8 Å². The Morgan fingerprint density at radius 3 is 2.63 bits per heavy atom. The summed E-state index contributed by atoms with van der Waals surface area (Å²) in [5.41, 5.74) is 0.908. The third-order valence-electron chi connectivity index (χ3n) is 3.02. The number of rotatable bonds is 5. The van der Waals surface area contributed by atoms with E-state index in [4.69, 9.17) is 9.84 Å². The number of aromatic carboxylic acids is 1. The standard InChI is InChI=1S/C14H17NO4/c1-8-7-10(14(17)18)3-6-12(8)19-9(2)13(16)15-11-4-5-11/h3,6-7,9,11H,4-5H2,1-2H3,(H,15,16)(H,17,18). The van der Waals surface area contributed by atoms with Gasteiger partial charge in [-0.05, 0) is 50.5 Å². The van der Waals surface area contributed by atoms with Gasteiger partial charge in [0.1, 0.15) is 5.75 Å². The van der Waals surface area contributed by atoms with E-state index in [0.29, 0.717) is 17.4 Å². The van der Waals surface area contributed by atoms with E-state index in [1.807, 2.05) is 0 Å². The fourth-order valence-electron chi connectivity index (χ4n) is 1.70. The first kappa shape index (κ1) is 13.4. The van der Waals surface area contributed by atoms with E-state index in [1.54, 1.807) is 19.9 Å². The lowest BCUT2D eigenvalue weighted by Gasteiger charge is -2.16. The third-order valence-corrected chi connectivity index (χ3v) is 3.02. The van der Waals surface area contributed by atoms with E-state index in [-0.39, 0.29) is 11.5 Å². The summed E-state index contributed by atoms with van der Waals surface area (Å²) >= 11 is 0. The van der Waals surface area contributed by atoms with Gasteiger partial charge < -0.3 is 15.2 Å². The van der Waals surface area contributed by atoms with Crippen molar-refractivity contribution in [2.45, 2.75) is 38.8 Å². The fourth-order valence-corrected chi connectivity index (χ4v) is 1.70. The van der Waals surface area contributed by atoms with Crippen molar-refractivity contribution in [1.82, 2.24) is 5.32 Å². The van der Waals surface area contributed by atoms with Gasteiger partial charge in [0.25, 0.3) is 5.91 Å². The first-order valence-corrected chi connectivity index (χ1v) is 6.28. The summed E-state index contributed by atoms with van der Waals surface area (Å²) in [5, 5.41) is 11.7. The lowest BCUT2D eigenvalue weighted by atomic mass is 10.1. The molecule has 0 bridgehead atoms. The number of amides is 1. The van der Waals surface area contributed by atoms with Crippen molar-refractivity contribution in [3.8, 4) is 5.75 Å². The molecule has 0 aliphatic heterocycles. The molecule has 1 fully saturated rings. The van der Waals surface area contributed by atoms with E-state index in [1.165, 1.54) is 12.1 Å². The van der Waals surface area contributed by atoms with Crippen LogP contribution in [-0.4, -0.2) is 29.1 Å². The molecule has 1 aliphatic rings. The smallest absolute Gasteiger partial charge is 0.335 e. The van der Waals surface area contributed by atoms with Gasteiger partial charge in [-0.1, -0.05) is 0 Å². The van der Waals surface area contributed by atoms with Crippen LogP contribution in [0.3, 0.4) is 0 Å². The molecule has 5 heteroatoms. The molecular formula is C14H17NO4. The number of ether oxygens (including phenoxy) is 1. The average Bonchev–Trinajstić information content (AvgIpc) is 3.15. The number of hydrogen-bond acceptors (Lipinski definition) is 3. The van der Waals surface area contributed by atoms with Crippen molar-refractivity contribution in [2.75, 3.05) is 0 Å². The summed E-state index contributed by atoms with van der Waals surface area (Å²) in [4.78, 5) is 22.6. The number of aryl methyl sites for hydroxylation is 1. The Labute approximate surface area is 111 Å². The van der Waals surface area contributed by atoms with Crippen LogP contribution < -0.4 is 10.1 Å². The van der Waals surface area contributed by atoms with Crippen LogP contribution in [0.4, 0.5) is 0 Å². The molecule has 1 aromatic carbocycles. The minimum Gasteiger partial charge on any atom is -0.481 e. The maximum absolute atomic E-state index is 11.8. The minimum absolute atomic E-state index is 0.135. The summed E-state index contributed by atoms with van der Waals surface area (Å²) in [6.07, 6.45) is 1.48. The van der Waals surface area contributed by atoms with Crippen LogP contribution in [0.1, 0.15) is 35.7 Å². The molecule has 0 saturated heterocycles. The second-order valence-corrected chi connectivity index (χ2v) is 4.83. The quantitative estimate of drug-likeness (QED) is 0.848. The highest BCUT2D eigenvalue weighted by Crippen LogP contribution is 2.22. The molecule has 0 heterocycles. The largest absolute Gasteiger partial charge is 0.481 e. The monoisotopic (exact) mass is 263 g/mol. The molecule has 0 spiro atoms. The maximum atomic E-state index is 11.8. The molecule has 1 aliphatic carbocycles. The average molecular weight is 263 g/mol. The number of carbonyl (C=O) groups excluding carboxylic acids is 1. The summed E-state index contributed by atoms with van der Waals surface area (Å²) in [5.74, 6) is -0.582. The second kappa shape index (κ2) is 5.30. The van der Waals surface area contributed by atoms with E-state index in [9.17, 15) is 9.59 Å². The molecular weight excluding hydrogens is 246 g/mol. The Morgan fingerprint density at radius 2 is 2.11 bits per heavy atom. The summed E-state index contributed by atoms with van der Waals surface area (Å²) in [6, 6.07) is 4.88. The molecule has 2 N–H and O–H groups in total. The number of carboxylic acid groups (broad SMARTS) is 1. The number of nitrogens with one attached hydrogen (secondary N) is 1. The first-order chi connectivity index (χ1) is 8.97. The molecule has 5 nitrogen and oxygen atoms in total. The highest BCUT2D eigenvalue weighted by Gasteiger charge is 2.26.